The molecule has 1 saturated heterocycles. The molecule has 3 heterocycles. The van der Waals surface area contributed by atoms with Crippen LogP contribution in [-0.2, 0) is 0 Å². The predicted octanol–water partition coefficient (Wildman–Crippen LogP) is 3.09. The van der Waals surface area contributed by atoms with Crippen molar-refractivity contribution in [3.8, 4) is 0 Å². The van der Waals surface area contributed by atoms with E-state index in [0.29, 0.717) is 10.6 Å². The van der Waals surface area contributed by atoms with Crippen LogP contribution >= 0.6 is 11.5 Å². The van der Waals surface area contributed by atoms with E-state index < -0.39 is 0 Å². The van der Waals surface area contributed by atoms with Crippen molar-refractivity contribution in [3.05, 3.63) is 40.7 Å². The number of benzene rings is 1. The van der Waals surface area contributed by atoms with Crippen molar-refractivity contribution in [1.29, 1.82) is 0 Å². The van der Waals surface area contributed by atoms with E-state index in [1.807, 2.05) is 36.1 Å². The molecule has 0 saturated carbocycles. The molecule has 118 valence electrons. The molecule has 23 heavy (non-hydrogen) atoms. The van der Waals surface area contributed by atoms with E-state index in [2.05, 4.69) is 14.6 Å². The van der Waals surface area contributed by atoms with Crippen LogP contribution < -0.4 is 0 Å². The van der Waals surface area contributed by atoms with Crippen molar-refractivity contribution in [1.82, 2.24) is 24.5 Å². The second-order valence-corrected chi connectivity index (χ2v) is 6.59. The van der Waals surface area contributed by atoms with Crippen molar-refractivity contribution >= 4 is 28.5 Å². The number of fused-ring (bicyclic) bond motifs is 1. The summed E-state index contributed by atoms with van der Waals surface area (Å²) in [5.74, 6) is 0.886. The summed E-state index contributed by atoms with van der Waals surface area (Å²) in [4.78, 5) is 23.5. The Morgan fingerprint density at radius 1 is 1.35 bits per heavy atom. The molecule has 0 bridgehead atoms. The third kappa shape index (κ3) is 2.50. The van der Waals surface area contributed by atoms with Gasteiger partial charge in [-0.1, -0.05) is 16.6 Å². The Morgan fingerprint density at radius 3 is 3.00 bits per heavy atom. The van der Waals surface area contributed by atoms with Crippen LogP contribution in [0.2, 0.25) is 0 Å². The van der Waals surface area contributed by atoms with E-state index in [1.165, 1.54) is 11.5 Å². The largest absolute Gasteiger partial charge is 0.340 e. The Bertz CT molecular complexity index is 822. The molecule has 1 atom stereocenters. The first kappa shape index (κ1) is 14.3. The molecule has 6 nitrogen and oxygen atoms in total. The van der Waals surface area contributed by atoms with Gasteiger partial charge in [0.25, 0.3) is 5.91 Å². The topological polar surface area (TPSA) is 74.8 Å². The monoisotopic (exact) mass is 327 g/mol. The van der Waals surface area contributed by atoms with Crippen LogP contribution in [0.5, 0.6) is 0 Å². The molecule has 4 rings (SSSR count). The van der Waals surface area contributed by atoms with Crippen LogP contribution in [0.1, 0.15) is 46.5 Å². The van der Waals surface area contributed by atoms with Gasteiger partial charge >= 0.3 is 0 Å². The van der Waals surface area contributed by atoms with Gasteiger partial charge in [0.15, 0.2) is 0 Å². The highest BCUT2D eigenvalue weighted by atomic mass is 32.1. The first-order chi connectivity index (χ1) is 11.2. The van der Waals surface area contributed by atoms with E-state index in [1.54, 1.807) is 0 Å². The van der Waals surface area contributed by atoms with Gasteiger partial charge in [-0.15, -0.1) is 5.10 Å². The van der Waals surface area contributed by atoms with Crippen LogP contribution in [0.15, 0.2) is 24.3 Å². The third-order valence-corrected chi connectivity index (χ3v) is 5.15. The smallest absolute Gasteiger partial charge is 0.268 e. The van der Waals surface area contributed by atoms with E-state index in [0.717, 1.165) is 42.7 Å². The molecule has 3 aromatic rings. The molecule has 1 amide bonds. The first-order valence-corrected chi connectivity index (χ1v) is 8.56. The summed E-state index contributed by atoms with van der Waals surface area (Å²) in [5, 5.41) is 3.96. The van der Waals surface area contributed by atoms with E-state index in [-0.39, 0.29) is 11.9 Å². The summed E-state index contributed by atoms with van der Waals surface area (Å²) in [5.41, 5.74) is 2.65. The Kier molecular flexibility index (Phi) is 3.57. The number of hydrogen-bond acceptors (Lipinski definition) is 5. The number of likely N-dealkylation sites (tertiary alicyclic amines) is 1. The molecule has 1 fully saturated rings. The quantitative estimate of drug-likeness (QED) is 0.785. The molecule has 1 aliphatic rings. The van der Waals surface area contributed by atoms with Gasteiger partial charge in [0, 0.05) is 6.54 Å². The zero-order chi connectivity index (χ0) is 15.8. The van der Waals surface area contributed by atoms with Crippen molar-refractivity contribution in [3.63, 3.8) is 0 Å². The van der Waals surface area contributed by atoms with Gasteiger partial charge in [-0.2, -0.15) is 0 Å². The third-order valence-electron chi connectivity index (χ3n) is 4.33. The van der Waals surface area contributed by atoms with Crippen molar-refractivity contribution in [2.45, 2.75) is 32.2 Å². The lowest BCUT2D eigenvalue weighted by Gasteiger charge is -2.34. The summed E-state index contributed by atoms with van der Waals surface area (Å²) < 4.78 is 3.89. The zero-order valence-corrected chi connectivity index (χ0v) is 13.6. The minimum absolute atomic E-state index is 0.00912. The van der Waals surface area contributed by atoms with Crippen molar-refractivity contribution < 1.29 is 4.79 Å². The number of rotatable bonds is 2. The van der Waals surface area contributed by atoms with Gasteiger partial charge in [-0.25, -0.2) is 4.98 Å². The zero-order valence-electron chi connectivity index (χ0n) is 12.8. The highest BCUT2D eigenvalue weighted by Crippen LogP contribution is 2.32. The summed E-state index contributed by atoms with van der Waals surface area (Å²) >= 11 is 1.17. The standard InChI is InChI=1S/C16H17N5OS/c1-10-14(23-20-19-10)16(22)21-9-5-4-8-13(21)15-17-11-6-2-3-7-12(11)18-15/h2-3,6-7,13H,4-5,8-9H2,1H3,(H,17,18). The number of carbonyl (C=O) groups is 1. The molecular formula is C16H17N5OS. The Labute approximate surface area is 137 Å². The number of nitrogens with zero attached hydrogens (tertiary/aromatic N) is 4. The van der Waals surface area contributed by atoms with Gasteiger partial charge in [-0.3, -0.25) is 4.79 Å². The fraction of sp³-hybridized carbons (Fsp3) is 0.375. The van der Waals surface area contributed by atoms with Crippen LogP contribution in [0, 0.1) is 6.92 Å². The number of imidazole rings is 1. The van der Waals surface area contributed by atoms with E-state index in [4.69, 9.17) is 4.98 Å². The maximum Gasteiger partial charge on any atom is 0.268 e. The lowest BCUT2D eigenvalue weighted by Crippen LogP contribution is -2.38. The number of para-hydroxylation sites is 2. The van der Waals surface area contributed by atoms with Crippen molar-refractivity contribution in [2.75, 3.05) is 6.54 Å². The average molecular weight is 327 g/mol. The molecule has 1 N–H and O–H groups in total. The fourth-order valence-corrected chi connectivity index (χ4v) is 3.76. The van der Waals surface area contributed by atoms with Crippen molar-refractivity contribution in [2.24, 2.45) is 0 Å². The SMILES string of the molecule is Cc1nnsc1C(=O)N1CCCCC1c1nc2ccccc2[nH]1. The second-order valence-electron chi connectivity index (χ2n) is 5.84. The van der Waals surface area contributed by atoms with E-state index >= 15 is 0 Å². The number of H-pyrrole nitrogens is 1. The predicted molar refractivity (Wildman–Crippen MR) is 88.4 cm³/mol. The molecule has 1 unspecified atom stereocenters. The lowest BCUT2D eigenvalue weighted by molar-refractivity contribution is 0.0605. The van der Waals surface area contributed by atoms with Gasteiger partial charge in [-0.05, 0) is 49.9 Å². The molecule has 0 aliphatic carbocycles. The number of hydrogen-bond donors (Lipinski definition) is 1. The van der Waals surface area contributed by atoms with Crippen LogP contribution in [0.4, 0.5) is 0 Å². The number of aromatic amines is 1. The minimum Gasteiger partial charge on any atom is -0.340 e. The Morgan fingerprint density at radius 2 is 2.22 bits per heavy atom. The number of piperidine rings is 1. The molecular weight excluding hydrogens is 310 g/mol. The van der Waals surface area contributed by atoms with Gasteiger partial charge in [0.1, 0.15) is 10.7 Å². The van der Waals surface area contributed by atoms with Crippen LogP contribution in [0.25, 0.3) is 11.0 Å². The fourth-order valence-electron chi connectivity index (χ4n) is 3.15. The normalized spacial score (nSPS) is 18.5. The maximum absolute atomic E-state index is 12.9. The van der Waals surface area contributed by atoms with E-state index in [9.17, 15) is 4.79 Å². The van der Waals surface area contributed by atoms with Gasteiger partial charge in [0.2, 0.25) is 0 Å². The minimum atomic E-state index is -0.00912. The number of aromatic nitrogens is 4. The summed E-state index contributed by atoms with van der Waals surface area (Å²) in [6, 6.07) is 7.95. The van der Waals surface area contributed by atoms with Crippen LogP contribution in [0.3, 0.4) is 0 Å². The highest BCUT2D eigenvalue weighted by Gasteiger charge is 2.32. The molecule has 0 spiro atoms. The Hall–Kier alpha value is -2.28. The van der Waals surface area contributed by atoms with Gasteiger partial charge in [0.05, 0.1) is 22.8 Å². The second kappa shape index (κ2) is 5.73. The number of nitrogens with one attached hydrogen (secondary N) is 1. The van der Waals surface area contributed by atoms with Gasteiger partial charge < -0.3 is 9.88 Å². The lowest BCUT2D eigenvalue weighted by atomic mass is 10.0. The highest BCUT2D eigenvalue weighted by molar-refractivity contribution is 7.07. The molecule has 0 radical (unpaired) electrons. The average Bonchev–Trinajstić information content (AvgIpc) is 3.20. The molecule has 1 aliphatic heterocycles. The van der Waals surface area contributed by atoms with Crippen LogP contribution in [-0.4, -0.2) is 36.9 Å². The summed E-state index contributed by atoms with van der Waals surface area (Å²) in [7, 11) is 0. The summed E-state index contributed by atoms with van der Waals surface area (Å²) in [6.45, 7) is 2.58. The Balaban J connectivity index is 1.70. The molecule has 2 aromatic heterocycles. The summed E-state index contributed by atoms with van der Waals surface area (Å²) in [6.07, 6.45) is 3.05. The molecule has 1 aromatic carbocycles. The number of aryl methyl sites for hydroxylation is 1. The molecule has 7 heteroatoms. The first-order valence-electron chi connectivity index (χ1n) is 7.78. The maximum atomic E-state index is 12.9. The number of carbonyl (C=O) groups excluding carboxylic acids is 1. The number of amides is 1.